The van der Waals surface area contributed by atoms with Crippen molar-refractivity contribution in [3.8, 4) is 0 Å². The molecule has 2 aromatic rings. The van der Waals surface area contributed by atoms with E-state index in [4.69, 9.17) is 4.74 Å². The maximum absolute atomic E-state index is 12.7. The Labute approximate surface area is 167 Å². The van der Waals surface area contributed by atoms with Gasteiger partial charge in [0.2, 0.25) is 10.0 Å². The van der Waals surface area contributed by atoms with Gasteiger partial charge in [0.1, 0.15) is 0 Å². The number of carbonyl (C=O) groups is 1. The third-order valence-electron chi connectivity index (χ3n) is 4.19. The summed E-state index contributed by atoms with van der Waals surface area (Å²) in [7, 11) is -3.71. The number of ether oxygens (including phenoxy) is 1. The number of sulfonamides is 1. The maximum Gasteiger partial charge on any atom is 0.271 e. The standard InChI is InChI=1S/C18H18N4O6S/c23-18(20-19-13-14-4-6-16(7-5-14)22(24)25)15-2-1-3-17(12-15)29(26,27)21-8-10-28-11-9-21/h1-7,12-13H,8-11H2,(H,20,23)/b19-13-. The van der Waals surface area contributed by atoms with Gasteiger partial charge in [-0.1, -0.05) is 6.07 Å². The molecule has 0 atom stereocenters. The van der Waals surface area contributed by atoms with Crippen molar-refractivity contribution in [1.29, 1.82) is 0 Å². The first-order valence-corrected chi connectivity index (χ1v) is 10.1. The summed E-state index contributed by atoms with van der Waals surface area (Å²) >= 11 is 0. The average molecular weight is 418 g/mol. The minimum atomic E-state index is -3.71. The molecule has 1 saturated heterocycles. The van der Waals surface area contributed by atoms with Gasteiger partial charge in [0.15, 0.2) is 0 Å². The van der Waals surface area contributed by atoms with Gasteiger partial charge in [-0.15, -0.1) is 0 Å². The summed E-state index contributed by atoms with van der Waals surface area (Å²) in [6.45, 7) is 1.18. The molecule has 0 radical (unpaired) electrons. The number of nitrogens with zero attached hydrogens (tertiary/aromatic N) is 3. The molecule has 0 aliphatic carbocycles. The van der Waals surface area contributed by atoms with Crippen LogP contribution in [0, 0.1) is 10.1 Å². The van der Waals surface area contributed by atoms with Crippen molar-refractivity contribution in [3.05, 3.63) is 69.8 Å². The molecule has 2 aromatic carbocycles. The van der Waals surface area contributed by atoms with Crippen molar-refractivity contribution < 1.29 is 22.9 Å². The molecule has 29 heavy (non-hydrogen) atoms. The van der Waals surface area contributed by atoms with E-state index in [1.807, 2.05) is 0 Å². The molecule has 1 amide bonds. The van der Waals surface area contributed by atoms with Crippen LogP contribution in [0.1, 0.15) is 15.9 Å². The molecular weight excluding hydrogens is 400 g/mol. The molecule has 10 nitrogen and oxygen atoms in total. The second-order valence-electron chi connectivity index (χ2n) is 6.09. The van der Waals surface area contributed by atoms with E-state index < -0.39 is 20.9 Å². The van der Waals surface area contributed by atoms with Gasteiger partial charge < -0.3 is 4.74 Å². The first kappa shape index (κ1) is 20.6. The molecule has 3 rings (SSSR count). The van der Waals surface area contributed by atoms with Gasteiger partial charge in [-0.3, -0.25) is 14.9 Å². The molecule has 1 N–H and O–H groups in total. The van der Waals surface area contributed by atoms with Crippen LogP contribution in [0.4, 0.5) is 5.69 Å². The summed E-state index contributed by atoms with van der Waals surface area (Å²) in [5.74, 6) is -0.581. The monoisotopic (exact) mass is 418 g/mol. The summed E-state index contributed by atoms with van der Waals surface area (Å²) in [6.07, 6.45) is 1.33. The van der Waals surface area contributed by atoms with E-state index >= 15 is 0 Å². The highest BCUT2D eigenvalue weighted by molar-refractivity contribution is 7.89. The largest absolute Gasteiger partial charge is 0.379 e. The van der Waals surface area contributed by atoms with Crippen molar-refractivity contribution in [2.75, 3.05) is 26.3 Å². The molecule has 1 heterocycles. The third-order valence-corrected chi connectivity index (χ3v) is 6.08. The maximum atomic E-state index is 12.7. The molecule has 11 heteroatoms. The number of amides is 1. The molecule has 1 fully saturated rings. The summed E-state index contributed by atoms with van der Waals surface area (Å²) in [4.78, 5) is 22.4. The fraction of sp³-hybridized carbons (Fsp3) is 0.222. The van der Waals surface area contributed by atoms with Gasteiger partial charge in [0.25, 0.3) is 11.6 Å². The number of non-ortho nitro benzene ring substituents is 1. The van der Waals surface area contributed by atoms with Crippen LogP contribution in [0.15, 0.2) is 58.5 Å². The smallest absolute Gasteiger partial charge is 0.271 e. The van der Waals surface area contributed by atoms with E-state index in [9.17, 15) is 23.3 Å². The molecule has 152 valence electrons. The Bertz CT molecular complexity index is 1030. The normalized spacial score (nSPS) is 15.3. The first-order chi connectivity index (χ1) is 13.9. The second kappa shape index (κ2) is 8.90. The van der Waals surface area contributed by atoms with E-state index in [-0.39, 0.29) is 29.2 Å². The van der Waals surface area contributed by atoms with Gasteiger partial charge in [-0.2, -0.15) is 9.41 Å². The molecule has 0 unspecified atom stereocenters. The Morgan fingerprint density at radius 2 is 1.86 bits per heavy atom. The number of benzene rings is 2. The average Bonchev–Trinajstić information content (AvgIpc) is 2.74. The summed E-state index contributed by atoms with van der Waals surface area (Å²) in [5.41, 5.74) is 2.95. The number of nitro benzene ring substituents is 1. The zero-order valence-corrected chi connectivity index (χ0v) is 16.0. The molecule has 0 aromatic heterocycles. The predicted octanol–water partition coefficient (Wildman–Crippen LogP) is 1.38. The van der Waals surface area contributed by atoms with Crippen LogP contribution >= 0.6 is 0 Å². The van der Waals surface area contributed by atoms with Gasteiger partial charge in [-0.25, -0.2) is 13.8 Å². The fourth-order valence-corrected chi connectivity index (χ4v) is 4.10. The number of hydrazone groups is 1. The highest BCUT2D eigenvalue weighted by Crippen LogP contribution is 2.18. The van der Waals surface area contributed by atoms with Gasteiger partial charge in [0, 0.05) is 30.8 Å². The first-order valence-electron chi connectivity index (χ1n) is 8.64. The van der Waals surface area contributed by atoms with Crippen LogP contribution < -0.4 is 5.43 Å². The molecule has 0 saturated carbocycles. The molecule has 0 spiro atoms. The second-order valence-corrected chi connectivity index (χ2v) is 8.03. The van der Waals surface area contributed by atoms with Crippen LogP contribution in [0.25, 0.3) is 0 Å². The van der Waals surface area contributed by atoms with Crippen LogP contribution in [0.3, 0.4) is 0 Å². The zero-order chi connectivity index (χ0) is 20.9. The van der Waals surface area contributed by atoms with E-state index in [1.165, 1.54) is 59.1 Å². The van der Waals surface area contributed by atoms with Crippen LogP contribution in [-0.4, -0.2) is 56.1 Å². The van der Waals surface area contributed by atoms with Crippen LogP contribution in [0.5, 0.6) is 0 Å². The lowest BCUT2D eigenvalue weighted by Crippen LogP contribution is -2.40. The molecular formula is C18H18N4O6S. The number of carbonyl (C=O) groups excluding carboxylic acids is 1. The highest BCUT2D eigenvalue weighted by Gasteiger charge is 2.26. The minimum absolute atomic E-state index is 0.0198. The van der Waals surface area contributed by atoms with E-state index in [1.54, 1.807) is 0 Å². The minimum Gasteiger partial charge on any atom is -0.379 e. The Morgan fingerprint density at radius 3 is 2.52 bits per heavy atom. The highest BCUT2D eigenvalue weighted by atomic mass is 32.2. The topological polar surface area (TPSA) is 131 Å². The third kappa shape index (κ3) is 5.02. The SMILES string of the molecule is O=C(N/N=C\c1ccc([N+](=O)[O-])cc1)c1cccc(S(=O)(=O)N2CCOCC2)c1. The van der Waals surface area contributed by atoms with Crippen molar-refractivity contribution in [2.45, 2.75) is 4.90 Å². The number of hydrogen-bond acceptors (Lipinski definition) is 7. The Hall–Kier alpha value is -3.15. The summed E-state index contributed by atoms with van der Waals surface area (Å²) < 4.78 is 31.9. The van der Waals surface area contributed by atoms with E-state index in [0.717, 1.165) is 0 Å². The quantitative estimate of drug-likeness (QED) is 0.428. The lowest BCUT2D eigenvalue weighted by Gasteiger charge is -2.26. The van der Waals surface area contributed by atoms with Crippen LogP contribution in [-0.2, 0) is 14.8 Å². The zero-order valence-electron chi connectivity index (χ0n) is 15.2. The summed E-state index contributed by atoms with van der Waals surface area (Å²) in [6, 6.07) is 11.3. The van der Waals surface area contributed by atoms with Crippen molar-refractivity contribution in [2.24, 2.45) is 5.10 Å². The lowest BCUT2D eigenvalue weighted by atomic mass is 10.2. The number of morpholine rings is 1. The van der Waals surface area contributed by atoms with E-state index in [2.05, 4.69) is 10.5 Å². The number of hydrogen-bond donors (Lipinski definition) is 1. The molecule has 1 aliphatic heterocycles. The Morgan fingerprint density at radius 1 is 1.17 bits per heavy atom. The van der Waals surface area contributed by atoms with Crippen molar-refractivity contribution in [3.63, 3.8) is 0 Å². The number of nitro groups is 1. The predicted molar refractivity (Wildman–Crippen MR) is 104 cm³/mol. The van der Waals surface area contributed by atoms with Crippen molar-refractivity contribution in [1.82, 2.24) is 9.73 Å². The van der Waals surface area contributed by atoms with Gasteiger partial charge in [-0.05, 0) is 35.9 Å². The van der Waals surface area contributed by atoms with E-state index in [0.29, 0.717) is 18.8 Å². The fourth-order valence-electron chi connectivity index (χ4n) is 2.65. The van der Waals surface area contributed by atoms with Crippen LogP contribution in [0.2, 0.25) is 0 Å². The van der Waals surface area contributed by atoms with Gasteiger partial charge >= 0.3 is 0 Å². The summed E-state index contributed by atoms with van der Waals surface area (Å²) in [5, 5.41) is 14.4. The number of rotatable bonds is 6. The molecule has 1 aliphatic rings. The molecule has 0 bridgehead atoms. The van der Waals surface area contributed by atoms with Gasteiger partial charge in [0.05, 0.1) is 29.2 Å². The lowest BCUT2D eigenvalue weighted by molar-refractivity contribution is -0.384. The Balaban J connectivity index is 1.68. The Kier molecular flexibility index (Phi) is 6.32. The number of nitrogens with one attached hydrogen (secondary N) is 1. The van der Waals surface area contributed by atoms with Crippen molar-refractivity contribution >= 4 is 27.8 Å².